The highest BCUT2D eigenvalue weighted by molar-refractivity contribution is 5.78. The molecule has 234 valence electrons. The highest BCUT2D eigenvalue weighted by atomic mass is 35.5. The Morgan fingerprint density at radius 2 is 1.05 bits per heavy atom. The van der Waals surface area contributed by atoms with Crippen LogP contribution in [0.15, 0.2) is 0 Å². The van der Waals surface area contributed by atoms with E-state index in [-0.39, 0.29) is 19.0 Å². The van der Waals surface area contributed by atoms with E-state index in [1.54, 1.807) is 0 Å². The second kappa shape index (κ2) is 30.6. The molecule has 1 rings (SSSR count). The lowest BCUT2D eigenvalue weighted by Gasteiger charge is -2.14. The second-order valence-corrected chi connectivity index (χ2v) is 11.9. The maximum atomic E-state index is 9.51. The van der Waals surface area contributed by atoms with Gasteiger partial charge in [-0.15, -0.1) is 0 Å². The Kier molecular flexibility index (Phi) is 30.4. The standard InChI is InChI=1S/C34H69N2O2.ClH/c1-3-5-7-9-11-13-15-17-19-21-23-25-32-38-33-30-36-28-27-35(29-31-37)34(36)26-24-22-20-18-16-14-12-10-8-6-4-2;/h37H,3-33H2,1-2H3;1H/q+1;/p-1. The highest BCUT2D eigenvalue weighted by Crippen LogP contribution is 2.15. The summed E-state index contributed by atoms with van der Waals surface area (Å²) in [5.41, 5.74) is 0. The van der Waals surface area contributed by atoms with Gasteiger partial charge in [0.1, 0.15) is 26.2 Å². The number of hydrogen-bond acceptors (Lipinski definition) is 3. The number of aliphatic hydroxyl groups excluding tert-OH is 1. The zero-order valence-corrected chi connectivity index (χ0v) is 27.3. The van der Waals surface area contributed by atoms with Crippen LogP contribution in [0.3, 0.4) is 0 Å². The topological polar surface area (TPSA) is 35.7 Å². The van der Waals surface area contributed by atoms with E-state index in [1.165, 1.54) is 154 Å². The molecule has 0 bridgehead atoms. The lowest BCUT2D eigenvalue weighted by atomic mass is 10.1. The first kappa shape index (κ1) is 38.7. The monoisotopic (exact) mass is 573 g/mol. The molecule has 1 heterocycles. The Bertz CT molecular complexity index is 529. The largest absolute Gasteiger partial charge is 1.00 e. The molecule has 0 unspecified atom stereocenters. The minimum Gasteiger partial charge on any atom is -1.00 e. The van der Waals surface area contributed by atoms with Crippen LogP contribution in [0.25, 0.3) is 0 Å². The predicted octanol–water partition coefficient (Wildman–Crippen LogP) is 6.13. The van der Waals surface area contributed by atoms with E-state index < -0.39 is 0 Å². The van der Waals surface area contributed by atoms with Gasteiger partial charge in [0.05, 0.1) is 13.2 Å². The minimum atomic E-state index is 0. The van der Waals surface area contributed by atoms with Gasteiger partial charge in [0.2, 0.25) is 5.84 Å². The van der Waals surface area contributed by atoms with Crippen LogP contribution in [-0.4, -0.2) is 66.4 Å². The smallest absolute Gasteiger partial charge is 0.247 e. The van der Waals surface area contributed by atoms with Crippen LogP contribution < -0.4 is 12.4 Å². The molecule has 0 spiro atoms. The molecular weight excluding hydrogens is 504 g/mol. The van der Waals surface area contributed by atoms with Crippen molar-refractivity contribution in [1.82, 2.24) is 4.90 Å². The average molecular weight is 573 g/mol. The van der Waals surface area contributed by atoms with E-state index in [1.807, 2.05) is 0 Å². The number of unbranched alkanes of at least 4 members (excludes halogenated alkanes) is 21. The molecule has 0 fully saturated rings. The van der Waals surface area contributed by atoms with Crippen LogP contribution in [0.2, 0.25) is 0 Å². The van der Waals surface area contributed by atoms with Gasteiger partial charge in [0.15, 0.2) is 0 Å². The number of ether oxygens (including phenoxy) is 1. The second-order valence-electron chi connectivity index (χ2n) is 11.9. The van der Waals surface area contributed by atoms with Crippen molar-refractivity contribution < 1.29 is 26.8 Å². The molecule has 0 atom stereocenters. The fourth-order valence-corrected chi connectivity index (χ4v) is 5.89. The van der Waals surface area contributed by atoms with Crippen molar-refractivity contribution in [3.63, 3.8) is 0 Å². The summed E-state index contributed by atoms with van der Waals surface area (Å²) in [4.78, 5) is 2.54. The van der Waals surface area contributed by atoms with Gasteiger partial charge in [-0.3, -0.25) is 9.48 Å². The van der Waals surface area contributed by atoms with Crippen LogP contribution in [0.1, 0.15) is 168 Å². The van der Waals surface area contributed by atoms with Crippen molar-refractivity contribution in [2.75, 3.05) is 46.0 Å². The van der Waals surface area contributed by atoms with Gasteiger partial charge in [-0.25, -0.2) is 0 Å². The van der Waals surface area contributed by atoms with Crippen molar-refractivity contribution in [3.05, 3.63) is 0 Å². The lowest BCUT2D eigenvalue weighted by molar-refractivity contribution is -0.521. The first-order chi connectivity index (χ1) is 18.8. The first-order valence-corrected chi connectivity index (χ1v) is 17.4. The van der Waals surface area contributed by atoms with Gasteiger partial charge < -0.3 is 22.3 Å². The average Bonchev–Trinajstić information content (AvgIpc) is 3.30. The van der Waals surface area contributed by atoms with E-state index in [2.05, 4.69) is 23.3 Å². The molecule has 5 heteroatoms. The molecule has 1 aliphatic rings. The van der Waals surface area contributed by atoms with E-state index in [0.29, 0.717) is 0 Å². The molecule has 1 N–H and O–H groups in total. The molecule has 0 aromatic rings. The Hall–Kier alpha value is -0.320. The molecule has 0 aromatic carbocycles. The third-order valence-electron chi connectivity index (χ3n) is 8.39. The van der Waals surface area contributed by atoms with Gasteiger partial charge >= 0.3 is 0 Å². The van der Waals surface area contributed by atoms with Crippen molar-refractivity contribution in [2.45, 2.75) is 168 Å². The molecule has 0 saturated carbocycles. The maximum absolute atomic E-state index is 9.51. The zero-order chi connectivity index (χ0) is 27.4. The highest BCUT2D eigenvalue weighted by Gasteiger charge is 2.29. The van der Waals surface area contributed by atoms with E-state index in [0.717, 1.165) is 45.8 Å². The molecule has 0 aliphatic carbocycles. The molecule has 0 radical (unpaired) electrons. The van der Waals surface area contributed by atoms with Crippen LogP contribution in [0, 0.1) is 0 Å². The molecule has 0 saturated heterocycles. The Balaban J connectivity index is 0.0000144. The minimum absolute atomic E-state index is 0. The number of amidine groups is 1. The summed E-state index contributed by atoms with van der Waals surface area (Å²) < 4.78 is 8.44. The number of rotatable bonds is 30. The summed E-state index contributed by atoms with van der Waals surface area (Å²) in [6.07, 6.45) is 33.2. The normalized spacial score (nSPS) is 13.5. The Morgan fingerprint density at radius 1 is 0.615 bits per heavy atom. The van der Waals surface area contributed by atoms with Crippen molar-refractivity contribution in [2.24, 2.45) is 0 Å². The molecule has 0 aromatic heterocycles. The van der Waals surface area contributed by atoms with Gasteiger partial charge in [-0.1, -0.05) is 149 Å². The first-order valence-electron chi connectivity index (χ1n) is 17.4. The van der Waals surface area contributed by atoms with Gasteiger partial charge in [0, 0.05) is 13.0 Å². The van der Waals surface area contributed by atoms with Crippen molar-refractivity contribution in [3.8, 4) is 0 Å². The summed E-state index contributed by atoms with van der Waals surface area (Å²) in [7, 11) is 0. The number of β-amino-alcohol motifs (C(OH)–C–C–N with tert-alkyl or cyclic N) is 1. The van der Waals surface area contributed by atoms with Crippen LogP contribution in [0.5, 0.6) is 0 Å². The van der Waals surface area contributed by atoms with Gasteiger partial charge in [0.25, 0.3) is 0 Å². The summed E-state index contributed by atoms with van der Waals surface area (Å²) >= 11 is 0. The third-order valence-corrected chi connectivity index (χ3v) is 8.39. The maximum Gasteiger partial charge on any atom is 0.247 e. The van der Waals surface area contributed by atoms with Crippen LogP contribution in [0.4, 0.5) is 0 Å². The van der Waals surface area contributed by atoms with Crippen LogP contribution in [-0.2, 0) is 4.74 Å². The number of hydrogen-bond donors (Lipinski definition) is 1. The zero-order valence-electron chi connectivity index (χ0n) is 26.5. The van der Waals surface area contributed by atoms with Gasteiger partial charge in [-0.05, 0) is 12.8 Å². The quantitative estimate of drug-likeness (QED) is 0.0831. The summed E-state index contributed by atoms with van der Waals surface area (Å²) in [6, 6.07) is 0. The molecule has 4 nitrogen and oxygen atoms in total. The third kappa shape index (κ3) is 23.0. The number of aliphatic hydroxyl groups is 1. The lowest BCUT2D eigenvalue weighted by Crippen LogP contribution is -3.00. The van der Waals surface area contributed by atoms with Crippen molar-refractivity contribution >= 4 is 5.84 Å². The molecule has 0 amide bonds. The predicted molar refractivity (Wildman–Crippen MR) is 167 cm³/mol. The SMILES string of the molecule is CCCCCCCCCCCCCCOCCN1CC[N+](CCO)=C1CCCCCCCCCCCCC.[Cl-]. The summed E-state index contributed by atoms with van der Waals surface area (Å²) in [5, 5.41) is 9.51. The van der Waals surface area contributed by atoms with Crippen molar-refractivity contribution in [1.29, 1.82) is 0 Å². The fourth-order valence-electron chi connectivity index (χ4n) is 5.89. The number of halogens is 1. The van der Waals surface area contributed by atoms with Gasteiger partial charge in [-0.2, -0.15) is 0 Å². The van der Waals surface area contributed by atoms with E-state index in [4.69, 9.17) is 4.74 Å². The molecule has 39 heavy (non-hydrogen) atoms. The van der Waals surface area contributed by atoms with Crippen LogP contribution >= 0.6 is 0 Å². The molecule has 1 aliphatic heterocycles. The summed E-state index contributed by atoms with van der Waals surface area (Å²) in [6.45, 7) is 10.5. The van der Waals surface area contributed by atoms with E-state index in [9.17, 15) is 5.11 Å². The summed E-state index contributed by atoms with van der Waals surface area (Å²) in [5.74, 6) is 1.46. The number of nitrogens with zero attached hydrogens (tertiary/aromatic N) is 2. The molecular formula is C34H69ClN2O2. The Labute approximate surface area is 251 Å². The fraction of sp³-hybridized carbons (Fsp3) is 0.971. The van der Waals surface area contributed by atoms with E-state index >= 15 is 0 Å². The Morgan fingerprint density at radius 3 is 1.51 bits per heavy atom.